The predicted molar refractivity (Wildman–Crippen MR) is 89.0 cm³/mol. The number of hydrogen-bond acceptors (Lipinski definition) is 1. The van der Waals surface area contributed by atoms with E-state index in [-0.39, 0.29) is 6.10 Å². The van der Waals surface area contributed by atoms with Crippen LogP contribution in [0.1, 0.15) is 22.8 Å². The van der Waals surface area contributed by atoms with E-state index < -0.39 is 0 Å². The van der Waals surface area contributed by atoms with E-state index in [9.17, 15) is 0 Å². The average molecular weight is 387 g/mol. The summed E-state index contributed by atoms with van der Waals surface area (Å²) in [6.07, 6.45) is 0.125. The summed E-state index contributed by atoms with van der Waals surface area (Å²) in [5.74, 6) is 0. The van der Waals surface area contributed by atoms with Crippen LogP contribution in [0.25, 0.3) is 0 Å². The molecule has 100 valence electrons. The highest BCUT2D eigenvalue weighted by atomic mass is 127. The van der Waals surface area contributed by atoms with Gasteiger partial charge >= 0.3 is 0 Å². The van der Waals surface area contributed by atoms with Crippen LogP contribution in [-0.4, -0.2) is 4.43 Å². The fourth-order valence-corrected chi connectivity index (χ4v) is 2.81. The van der Waals surface area contributed by atoms with Crippen LogP contribution in [0.4, 0.5) is 0 Å². The first-order valence-electron chi connectivity index (χ1n) is 6.17. The van der Waals surface area contributed by atoms with E-state index in [4.69, 9.17) is 16.3 Å². The molecule has 0 bridgehead atoms. The molecule has 0 spiro atoms. The van der Waals surface area contributed by atoms with Crippen molar-refractivity contribution < 1.29 is 4.74 Å². The number of benzene rings is 2. The van der Waals surface area contributed by atoms with E-state index in [0.717, 1.165) is 15.0 Å². The second-order valence-corrected chi connectivity index (χ2v) is 5.81. The van der Waals surface area contributed by atoms with E-state index in [1.807, 2.05) is 24.3 Å². The first kappa shape index (κ1) is 14.8. The second-order valence-electron chi connectivity index (χ2n) is 4.49. The van der Waals surface area contributed by atoms with Gasteiger partial charge in [-0.15, -0.1) is 0 Å². The lowest BCUT2D eigenvalue weighted by molar-refractivity contribution is 0.0577. The van der Waals surface area contributed by atoms with Crippen molar-refractivity contribution in [1.82, 2.24) is 0 Å². The fourth-order valence-electron chi connectivity index (χ4n) is 1.83. The molecule has 0 aliphatic rings. The molecule has 0 saturated carbocycles. The van der Waals surface area contributed by atoms with Gasteiger partial charge in [0.25, 0.3) is 0 Å². The standard InChI is InChI=1S/C16H16ClIO/c1-12-5-7-14(8-6-12)16(10-18)19-11-13-3-2-4-15(17)9-13/h2-9,16H,10-11H2,1H3. The molecule has 0 amide bonds. The molecule has 1 unspecified atom stereocenters. The minimum atomic E-state index is 0.125. The zero-order valence-electron chi connectivity index (χ0n) is 10.8. The molecular weight excluding hydrogens is 371 g/mol. The molecule has 19 heavy (non-hydrogen) atoms. The molecule has 0 saturated heterocycles. The van der Waals surface area contributed by atoms with Crippen molar-refractivity contribution >= 4 is 34.2 Å². The van der Waals surface area contributed by atoms with Crippen LogP contribution in [0.5, 0.6) is 0 Å². The smallest absolute Gasteiger partial charge is 0.0918 e. The monoisotopic (exact) mass is 386 g/mol. The molecule has 0 fully saturated rings. The van der Waals surface area contributed by atoms with Gasteiger partial charge < -0.3 is 4.74 Å². The summed E-state index contributed by atoms with van der Waals surface area (Å²) in [7, 11) is 0. The van der Waals surface area contributed by atoms with Crippen LogP contribution in [0.15, 0.2) is 48.5 Å². The van der Waals surface area contributed by atoms with Gasteiger partial charge in [0.15, 0.2) is 0 Å². The summed E-state index contributed by atoms with van der Waals surface area (Å²) >= 11 is 8.33. The summed E-state index contributed by atoms with van der Waals surface area (Å²) in [5.41, 5.74) is 3.60. The molecule has 0 radical (unpaired) electrons. The maximum Gasteiger partial charge on any atom is 0.0918 e. The zero-order valence-corrected chi connectivity index (χ0v) is 13.7. The lowest BCUT2D eigenvalue weighted by Crippen LogP contribution is -2.06. The van der Waals surface area contributed by atoms with E-state index in [2.05, 4.69) is 53.8 Å². The van der Waals surface area contributed by atoms with Gasteiger partial charge in [0.2, 0.25) is 0 Å². The van der Waals surface area contributed by atoms with E-state index in [0.29, 0.717) is 6.61 Å². The summed E-state index contributed by atoms with van der Waals surface area (Å²) in [6.45, 7) is 2.68. The minimum Gasteiger partial charge on any atom is -0.368 e. The summed E-state index contributed by atoms with van der Waals surface area (Å²) < 4.78 is 6.92. The first-order chi connectivity index (χ1) is 9.19. The minimum absolute atomic E-state index is 0.125. The van der Waals surface area contributed by atoms with Crippen molar-refractivity contribution in [2.45, 2.75) is 19.6 Å². The number of hydrogen-bond donors (Lipinski definition) is 0. The second kappa shape index (κ2) is 7.27. The Hall–Kier alpha value is -0.580. The van der Waals surface area contributed by atoms with Crippen molar-refractivity contribution in [2.24, 2.45) is 0 Å². The molecule has 0 aliphatic heterocycles. The molecule has 0 heterocycles. The molecule has 1 nitrogen and oxygen atoms in total. The summed E-state index contributed by atoms with van der Waals surface area (Å²) in [5, 5.41) is 0.752. The molecule has 0 aliphatic carbocycles. The Balaban J connectivity index is 2.01. The molecule has 2 aromatic rings. The van der Waals surface area contributed by atoms with E-state index >= 15 is 0 Å². The molecule has 0 N–H and O–H groups in total. The van der Waals surface area contributed by atoms with Crippen molar-refractivity contribution in [3.63, 3.8) is 0 Å². The lowest BCUT2D eigenvalue weighted by Gasteiger charge is -2.16. The van der Waals surface area contributed by atoms with Crippen LogP contribution in [0.2, 0.25) is 5.02 Å². The van der Waals surface area contributed by atoms with Crippen LogP contribution < -0.4 is 0 Å². The zero-order chi connectivity index (χ0) is 13.7. The molecule has 1 atom stereocenters. The SMILES string of the molecule is Cc1ccc(C(CI)OCc2cccc(Cl)c2)cc1. The third kappa shape index (κ3) is 4.48. The molecule has 2 aromatic carbocycles. The molecule has 0 aromatic heterocycles. The Morgan fingerprint density at radius 1 is 1.16 bits per heavy atom. The van der Waals surface area contributed by atoms with Crippen LogP contribution in [0.3, 0.4) is 0 Å². The third-order valence-corrected chi connectivity index (χ3v) is 3.96. The summed E-state index contributed by atoms with van der Waals surface area (Å²) in [4.78, 5) is 0. The van der Waals surface area contributed by atoms with Gasteiger partial charge in [0.1, 0.15) is 0 Å². The van der Waals surface area contributed by atoms with Gasteiger partial charge in [-0.1, -0.05) is 76.2 Å². The number of ether oxygens (including phenoxy) is 1. The quantitative estimate of drug-likeness (QED) is 0.498. The highest BCUT2D eigenvalue weighted by Gasteiger charge is 2.10. The first-order valence-corrected chi connectivity index (χ1v) is 8.08. The topological polar surface area (TPSA) is 9.23 Å². The number of alkyl halides is 1. The van der Waals surface area contributed by atoms with E-state index in [1.165, 1.54) is 11.1 Å². The number of halogens is 2. The van der Waals surface area contributed by atoms with Gasteiger partial charge in [0.05, 0.1) is 12.7 Å². The van der Waals surface area contributed by atoms with Gasteiger partial charge in [0, 0.05) is 9.45 Å². The van der Waals surface area contributed by atoms with Crippen molar-refractivity contribution in [1.29, 1.82) is 0 Å². The van der Waals surface area contributed by atoms with E-state index in [1.54, 1.807) is 0 Å². The van der Waals surface area contributed by atoms with Crippen LogP contribution >= 0.6 is 34.2 Å². The van der Waals surface area contributed by atoms with Crippen molar-refractivity contribution in [3.8, 4) is 0 Å². The van der Waals surface area contributed by atoms with Gasteiger partial charge in [-0.3, -0.25) is 0 Å². The molecule has 2 rings (SSSR count). The number of aryl methyl sites for hydroxylation is 1. The van der Waals surface area contributed by atoms with Crippen LogP contribution in [-0.2, 0) is 11.3 Å². The highest BCUT2D eigenvalue weighted by Crippen LogP contribution is 2.22. The normalized spacial score (nSPS) is 12.4. The summed E-state index contributed by atoms with van der Waals surface area (Å²) in [6, 6.07) is 16.3. The maximum absolute atomic E-state index is 5.99. The molecule has 3 heteroatoms. The fraction of sp³-hybridized carbons (Fsp3) is 0.250. The van der Waals surface area contributed by atoms with Crippen molar-refractivity contribution in [3.05, 3.63) is 70.2 Å². The van der Waals surface area contributed by atoms with Gasteiger partial charge in [-0.2, -0.15) is 0 Å². The Morgan fingerprint density at radius 3 is 2.53 bits per heavy atom. The Bertz CT molecular complexity index is 525. The predicted octanol–water partition coefficient (Wildman–Crippen LogP) is 5.34. The Morgan fingerprint density at radius 2 is 1.89 bits per heavy atom. The molecular formula is C16H16ClIO. The average Bonchev–Trinajstić information content (AvgIpc) is 2.41. The third-order valence-electron chi connectivity index (χ3n) is 2.93. The van der Waals surface area contributed by atoms with Crippen LogP contribution in [0, 0.1) is 6.92 Å². The maximum atomic E-state index is 5.99. The lowest BCUT2D eigenvalue weighted by atomic mass is 10.1. The van der Waals surface area contributed by atoms with Gasteiger partial charge in [-0.25, -0.2) is 0 Å². The van der Waals surface area contributed by atoms with Crippen molar-refractivity contribution in [2.75, 3.05) is 4.43 Å². The number of rotatable bonds is 5. The Labute approximate surface area is 133 Å². The highest BCUT2D eigenvalue weighted by molar-refractivity contribution is 14.1. The van der Waals surface area contributed by atoms with Gasteiger partial charge in [-0.05, 0) is 30.2 Å². The largest absolute Gasteiger partial charge is 0.368 e. The Kier molecular flexibility index (Phi) is 5.67.